The zero-order valence-electron chi connectivity index (χ0n) is 11.2. The summed E-state index contributed by atoms with van der Waals surface area (Å²) in [6.45, 7) is 1.57. The maximum atomic E-state index is 11.1. The topological polar surface area (TPSA) is 58.6 Å². The van der Waals surface area contributed by atoms with Crippen molar-refractivity contribution in [3.8, 4) is 5.75 Å². The number of carbonyl (C=O) groups excluding carboxylic acids is 1. The van der Waals surface area contributed by atoms with Gasteiger partial charge < -0.3 is 15.2 Å². The highest BCUT2D eigenvalue weighted by Crippen LogP contribution is 2.25. The van der Waals surface area contributed by atoms with Crippen molar-refractivity contribution in [3.05, 3.63) is 60.2 Å². The molecule has 1 unspecified atom stereocenters. The maximum Gasteiger partial charge on any atom is 0.221 e. The van der Waals surface area contributed by atoms with E-state index < -0.39 is 6.10 Å². The summed E-state index contributed by atoms with van der Waals surface area (Å²) in [5.74, 6) is 0.377. The number of aliphatic hydroxyl groups is 1. The number of anilines is 1. The first-order valence-electron chi connectivity index (χ1n) is 6.39. The molecule has 104 valence electrons. The van der Waals surface area contributed by atoms with Crippen molar-refractivity contribution < 1.29 is 14.6 Å². The Morgan fingerprint density at radius 2 is 1.80 bits per heavy atom. The quantitative estimate of drug-likeness (QED) is 0.879. The van der Waals surface area contributed by atoms with Crippen LogP contribution in [0.25, 0.3) is 0 Å². The predicted molar refractivity (Wildman–Crippen MR) is 77.6 cm³/mol. The molecule has 0 saturated carbocycles. The van der Waals surface area contributed by atoms with Crippen LogP contribution in [0.4, 0.5) is 5.69 Å². The lowest BCUT2D eigenvalue weighted by atomic mass is 10.1. The highest BCUT2D eigenvalue weighted by molar-refractivity contribution is 5.90. The Hall–Kier alpha value is -2.33. The van der Waals surface area contributed by atoms with E-state index in [-0.39, 0.29) is 12.5 Å². The maximum absolute atomic E-state index is 11.1. The van der Waals surface area contributed by atoms with Crippen molar-refractivity contribution >= 4 is 11.6 Å². The molecule has 0 heterocycles. The fourth-order valence-corrected chi connectivity index (χ4v) is 1.83. The summed E-state index contributed by atoms with van der Waals surface area (Å²) in [4.78, 5) is 11.1. The largest absolute Gasteiger partial charge is 0.488 e. The molecule has 4 nitrogen and oxygen atoms in total. The van der Waals surface area contributed by atoms with E-state index in [9.17, 15) is 9.90 Å². The lowest BCUT2D eigenvalue weighted by Gasteiger charge is -2.15. The molecule has 2 aromatic carbocycles. The van der Waals surface area contributed by atoms with Crippen molar-refractivity contribution in [3.63, 3.8) is 0 Å². The van der Waals surface area contributed by atoms with Gasteiger partial charge in [-0.25, -0.2) is 0 Å². The van der Waals surface area contributed by atoms with Gasteiger partial charge in [0, 0.05) is 6.92 Å². The van der Waals surface area contributed by atoms with E-state index in [2.05, 4.69) is 5.32 Å². The van der Waals surface area contributed by atoms with Crippen LogP contribution < -0.4 is 10.1 Å². The summed E-state index contributed by atoms with van der Waals surface area (Å²) in [6, 6.07) is 16.4. The molecule has 2 rings (SSSR count). The van der Waals surface area contributed by atoms with Crippen LogP contribution in [0.2, 0.25) is 0 Å². The highest BCUT2D eigenvalue weighted by Gasteiger charge is 2.10. The number of benzene rings is 2. The molecule has 1 atom stereocenters. The Morgan fingerprint density at radius 3 is 2.50 bits per heavy atom. The number of carbonyl (C=O) groups is 1. The van der Waals surface area contributed by atoms with Crippen molar-refractivity contribution in [1.82, 2.24) is 0 Å². The molecule has 1 amide bonds. The average molecular weight is 271 g/mol. The molecule has 0 spiro atoms. The molecular formula is C16H17NO3. The van der Waals surface area contributed by atoms with Crippen LogP contribution in [-0.4, -0.2) is 17.6 Å². The molecule has 0 aromatic heterocycles. The lowest BCUT2D eigenvalue weighted by molar-refractivity contribution is -0.114. The Balaban J connectivity index is 2.02. The summed E-state index contributed by atoms with van der Waals surface area (Å²) >= 11 is 0. The van der Waals surface area contributed by atoms with E-state index in [4.69, 9.17) is 4.74 Å². The molecule has 0 radical (unpaired) electrons. The Morgan fingerprint density at radius 1 is 1.15 bits per heavy atom. The third-order valence-electron chi connectivity index (χ3n) is 2.78. The minimum atomic E-state index is -0.707. The van der Waals surface area contributed by atoms with Gasteiger partial charge in [0.1, 0.15) is 18.5 Å². The van der Waals surface area contributed by atoms with Crippen molar-refractivity contribution in [1.29, 1.82) is 0 Å². The Bertz CT molecular complexity index is 569. The minimum absolute atomic E-state index is 0.126. The van der Waals surface area contributed by atoms with E-state index >= 15 is 0 Å². The first-order chi connectivity index (χ1) is 9.66. The second kappa shape index (κ2) is 6.73. The van der Waals surface area contributed by atoms with E-state index in [1.807, 2.05) is 42.5 Å². The van der Waals surface area contributed by atoms with E-state index in [1.54, 1.807) is 12.1 Å². The Kier molecular flexibility index (Phi) is 4.74. The third-order valence-corrected chi connectivity index (χ3v) is 2.78. The zero-order valence-corrected chi connectivity index (χ0v) is 11.2. The van der Waals surface area contributed by atoms with Gasteiger partial charge in [-0.15, -0.1) is 0 Å². The summed E-state index contributed by atoms with van der Waals surface area (Å²) in [6.07, 6.45) is -0.707. The molecule has 0 bridgehead atoms. The van der Waals surface area contributed by atoms with Gasteiger partial charge >= 0.3 is 0 Å². The van der Waals surface area contributed by atoms with Gasteiger partial charge in [0.25, 0.3) is 0 Å². The summed E-state index contributed by atoms with van der Waals surface area (Å²) in [5, 5.41) is 12.7. The monoisotopic (exact) mass is 271 g/mol. The molecule has 2 N–H and O–H groups in total. The number of para-hydroxylation sites is 2. The van der Waals surface area contributed by atoms with Crippen molar-refractivity contribution in [2.75, 3.05) is 11.9 Å². The smallest absolute Gasteiger partial charge is 0.221 e. The van der Waals surface area contributed by atoms with E-state index in [0.29, 0.717) is 11.4 Å². The molecule has 0 aliphatic heterocycles. The molecule has 0 aliphatic rings. The number of hydrogen-bond donors (Lipinski definition) is 2. The number of aliphatic hydroxyl groups excluding tert-OH is 1. The molecule has 20 heavy (non-hydrogen) atoms. The molecular weight excluding hydrogens is 254 g/mol. The molecule has 2 aromatic rings. The van der Waals surface area contributed by atoms with Crippen molar-refractivity contribution in [2.24, 2.45) is 0 Å². The number of hydrogen-bond acceptors (Lipinski definition) is 3. The number of amides is 1. The average Bonchev–Trinajstić information content (AvgIpc) is 2.46. The van der Waals surface area contributed by atoms with Gasteiger partial charge in [-0.1, -0.05) is 42.5 Å². The van der Waals surface area contributed by atoms with Crippen LogP contribution in [0.1, 0.15) is 18.6 Å². The van der Waals surface area contributed by atoms with Crippen LogP contribution in [0.15, 0.2) is 54.6 Å². The summed E-state index contributed by atoms with van der Waals surface area (Å²) in [7, 11) is 0. The normalized spacial score (nSPS) is 11.7. The second-order valence-electron chi connectivity index (χ2n) is 4.41. The van der Waals surface area contributed by atoms with Gasteiger partial charge in [-0.05, 0) is 17.7 Å². The van der Waals surface area contributed by atoms with Gasteiger partial charge in [0.15, 0.2) is 0 Å². The SMILES string of the molecule is CC(=O)Nc1ccccc1OCC(O)c1ccccc1. The highest BCUT2D eigenvalue weighted by atomic mass is 16.5. The fraction of sp³-hybridized carbons (Fsp3) is 0.188. The van der Waals surface area contributed by atoms with Crippen LogP contribution in [0.3, 0.4) is 0 Å². The van der Waals surface area contributed by atoms with Gasteiger partial charge in [0.05, 0.1) is 5.69 Å². The lowest BCUT2D eigenvalue weighted by Crippen LogP contribution is -2.12. The number of nitrogens with one attached hydrogen (secondary N) is 1. The minimum Gasteiger partial charge on any atom is -0.488 e. The molecule has 0 fully saturated rings. The van der Waals surface area contributed by atoms with Crippen LogP contribution in [-0.2, 0) is 4.79 Å². The van der Waals surface area contributed by atoms with E-state index in [1.165, 1.54) is 6.92 Å². The van der Waals surface area contributed by atoms with Gasteiger partial charge in [-0.3, -0.25) is 4.79 Å². The zero-order chi connectivity index (χ0) is 14.4. The predicted octanol–water partition coefficient (Wildman–Crippen LogP) is 2.76. The summed E-state index contributed by atoms with van der Waals surface area (Å²) in [5.41, 5.74) is 1.39. The number of rotatable bonds is 5. The first kappa shape index (κ1) is 14.1. The number of ether oxygens (including phenoxy) is 1. The molecule has 0 aliphatic carbocycles. The van der Waals surface area contributed by atoms with Crippen LogP contribution in [0.5, 0.6) is 5.75 Å². The van der Waals surface area contributed by atoms with Gasteiger partial charge in [0.2, 0.25) is 5.91 Å². The third kappa shape index (κ3) is 3.83. The van der Waals surface area contributed by atoms with Gasteiger partial charge in [-0.2, -0.15) is 0 Å². The van der Waals surface area contributed by atoms with E-state index in [0.717, 1.165) is 5.56 Å². The first-order valence-corrected chi connectivity index (χ1v) is 6.39. The summed E-state index contributed by atoms with van der Waals surface area (Å²) < 4.78 is 5.59. The second-order valence-corrected chi connectivity index (χ2v) is 4.41. The van der Waals surface area contributed by atoms with Crippen molar-refractivity contribution in [2.45, 2.75) is 13.0 Å². The fourth-order valence-electron chi connectivity index (χ4n) is 1.83. The standard InChI is InChI=1S/C16H17NO3/c1-12(18)17-14-9-5-6-10-16(14)20-11-15(19)13-7-3-2-4-8-13/h2-10,15,19H,11H2,1H3,(H,17,18). The molecule has 0 saturated heterocycles. The molecule has 4 heteroatoms. The Labute approximate surface area is 118 Å². The van der Waals surface area contributed by atoms with Crippen LogP contribution in [0, 0.1) is 0 Å². The van der Waals surface area contributed by atoms with Crippen LogP contribution >= 0.6 is 0 Å².